The Morgan fingerprint density at radius 1 is 0.731 bits per heavy atom. The molecule has 0 aromatic heterocycles. The molecule has 0 bridgehead atoms. The van der Waals surface area contributed by atoms with Crippen LogP contribution in [0.2, 0.25) is 0 Å². The maximum atomic E-state index is 10.2. The summed E-state index contributed by atoms with van der Waals surface area (Å²) < 4.78 is 4.63. The highest BCUT2D eigenvalue weighted by molar-refractivity contribution is 5.33. The zero-order valence-corrected chi connectivity index (χ0v) is 15.5. The Hall–Kier alpha value is -1.36. The van der Waals surface area contributed by atoms with E-state index >= 15 is 0 Å². The molecule has 2 saturated carbocycles. The second kappa shape index (κ2) is 14.8. The van der Waals surface area contributed by atoms with E-state index in [0.29, 0.717) is 13.2 Å². The zero-order valence-electron chi connectivity index (χ0n) is 15.5. The lowest BCUT2D eigenvalue weighted by molar-refractivity contribution is 0.0650. The molecule has 0 radical (unpaired) electrons. The van der Waals surface area contributed by atoms with E-state index in [-0.39, 0.29) is 25.3 Å². The summed E-state index contributed by atoms with van der Waals surface area (Å²) in [6, 6.07) is 0.456. The molecule has 0 aromatic rings. The highest BCUT2D eigenvalue weighted by Crippen LogP contribution is 2.36. The van der Waals surface area contributed by atoms with Crippen molar-refractivity contribution in [3.63, 3.8) is 0 Å². The van der Waals surface area contributed by atoms with E-state index in [9.17, 15) is 9.59 Å². The monoisotopic (exact) mass is 368 g/mol. The summed E-state index contributed by atoms with van der Waals surface area (Å²) in [5, 5.41) is 16.2. The van der Waals surface area contributed by atoms with E-state index in [2.05, 4.69) is 14.7 Å². The van der Waals surface area contributed by atoms with Gasteiger partial charge < -0.3 is 14.9 Å². The molecule has 2 N–H and O–H groups in total. The number of carbonyl (C=O) groups excluding carboxylic acids is 2. The van der Waals surface area contributed by atoms with Crippen LogP contribution in [0, 0.1) is 11.8 Å². The molecule has 0 atom stereocenters. The summed E-state index contributed by atoms with van der Waals surface area (Å²) in [7, 11) is 0. The lowest BCUT2D eigenvalue weighted by atomic mass is 9.76. The van der Waals surface area contributed by atoms with E-state index in [1.807, 2.05) is 0 Å². The normalized spacial score (nSPS) is 28.1. The predicted octanol–water partition coefficient (Wildman–Crippen LogP) is 2.15. The SMILES string of the molecule is O=C=NC1CCC(CC2CCC(N=C=O)CC2)CC1.OCCOCCO. The number of aliphatic hydroxyl groups is 2. The standard InChI is InChI=1S/C15H22N2O2.C4H10O3/c18-10-16-14-5-1-12(2-6-14)9-13-3-7-15(8-4-13)17-11-19;5-1-3-7-4-2-6/h12-15H,1-9H2;5-6H,1-4H2. The zero-order chi connectivity index (χ0) is 19.0. The Bertz CT molecular complexity index is 405. The number of isocyanates is 2. The molecule has 0 amide bonds. The molecular formula is C19H32N2O5. The van der Waals surface area contributed by atoms with Gasteiger partial charge in [0, 0.05) is 0 Å². The van der Waals surface area contributed by atoms with Crippen LogP contribution >= 0.6 is 0 Å². The fourth-order valence-electron chi connectivity index (χ4n) is 3.87. The Labute approximate surface area is 155 Å². The largest absolute Gasteiger partial charge is 0.394 e. The molecule has 0 heterocycles. The van der Waals surface area contributed by atoms with Crippen molar-refractivity contribution in [3.8, 4) is 0 Å². The van der Waals surface area contributed by atoms with Gasteiger partial charge in [0.1, 0.15) is 0 Å². The van der Waals surface area contributed by atoms with Gasteiger partial charge in [0.2, 0.25) is 12.2 Å². The first-order chi connectivity index (χ1) is 12.7. The third kappa shape index (κ3) is 9.95. The third-order valence-electron chi connectivity index (χ3n) is 5.24. The molecule has 0 unspecified atom stereocenters. The molecule has 2 aliphatic rings. The van der Waals surface area contributed by atoms with E-state index in [1.54, 1.807) is 12.2 Å². The minimum Gasteiger partial charge on any atom is -0.394 e. The van der Waals surface area contributed by atoms with Gasteiger partial charge in [-0.2, -0.15) is 0 Å². The highest BCUT2D eigenvalue weighted by Gasteiger charge is 2.26. The maximum Gasteiger partial charge on any atom is 0.235 e. The molecule has 148 valence electrons. The van der Waals surface area contributed by atoms with Crippen molar-refractivity contribution in [1.29, 1.82) is 0 Å². The fourth-order valence-corrected chi connectivity index (χ4v) is 3.87. The predicted molar refractivity (Wildman–Crippen MR) is 97.3 cm³/mol. The number of hydrogen-bond donors (Lipinski definition) is 2. The van der Waals surface area contributed by atoms with Crippen LogP contribution in [-0.2, 0) is 14.3 Å². The molecule has 0 saturated heterocycles. The van der Waals surface area contributed by atoms with Crippen molar-refractivity contribution < 1.29 is 24.5 Å². The molecule has 2 rings (SSSR count). The lowest BCUT2D eigenvalue weighted by Gasteiger charge is -2.31. The van der Waals surface area contributed by atoms with Crippen molar-refractivity contribution >= 4 is 12.2 Å². The molecule has 7 heteroatoms. The van der Waals surface area contributed by atoms with Crippen LogP contribution in [-0.4, -0.2) is 60.9 Å². The first kappa shape index (κ1) is 22.7. The summed E-state index contributed by atoms with van der Waals surface area (Å²) in [6.07, 6.45) is 13.6. The quantitative estimate of drug-likeness (QED) is 0.388. The summed E-state index contributed by atoms with van der Waals surface area (Å²) >= 11 is 0. The van der Waals surface area contributed by atoms with Crippen LogP contribution < -0.4 is 0 Å². The van der Waals surface area contributed by atoms with Gasteiger partial charge >= 0.3 is 0 Å². The molecule has 0 aliphatic heterocycles. The summed E-state index contributed by atoms with van der Waals surface area (Å²) in [5.41, 5.74) is 0. The van der Waals surface area contributed by atoms with Crippen LogP contribution in [0.25, 0.3) is 0 Å². The molecule has 2 aliphatic carbocycles. The van der Waals surface area contributed by atoms with Gasteiger partial charge in [-0.05, 0) is 69.6 Å². The van der Waals surface area contributed by atoms with Gasteiger partial charge in [-0.15, -0.1) is 0 Å². The number of hydrogen-bond acceptors (Lipinski definition) is 7. The number of ether oxygens (including phenoxy) is 1. The van der Waals surface area contributed by atoms with Gasteiger partial charge in [-0.25, -0.2) is 19.6 Å². The van der Waals surface area contributed by atoms with Gasteiger partial charge in [-0.1, -0.05) is 0 Å². The van der Waals surface area contributed by atoms with Crippen LogP contribution in [0.1, 0.15) is 57.8 Å². The molecular weight excluding hydrogens is 336 g/mol. The van der Waals surface area contributed by atoms with Crippen LogP contribution in [0.15, 0.2) is 9.98 Å². The Balaban J connectivity index is 0.000000412. The first-order valence-corrected chi connectivity index (χ1v) is 9.66. The molecule has 7 nitrogen and oxygen atoms in total. The van der Waals surface area contributed by atoms with Gasteiger partial charge in [-0.3, -0.25) is 0 Å². The van der Waals surface area contributed by atoms with E-state index in [4.69, 9.17) is 10.2 Å². The fraction of sp³-hybridized carbons (Fsp3) is 0.895. The second-order valence-electron chi connectivity index (χ2n) is 7.09. The van der Waals surface area contributed by atoms with Crippen molar-refractivity contribution in [1.82, 2.24) is 0 Å². The lowest BCUT2D eigenvalue weighted by Crippen LogP contribution is -2.23. The Morgan fingerprint density at radius 2 is 1.12 bits per heavy atom. The summed E-state index contributed by atoms with van der Waals surface area (Å²) in [5.74, 6) is 1.60. The van der Waals surface area contributed by atoms with Gasteiger partial charge in [0.15, 0.2) is 0 Å². The van der Waals surface area contributed by atoms with E-state index in [1.165, 1.54) is 32.1 Å². The summed E-state index contributed by atoms with van der Waals surface area (Å²) in [4.78, 5) is 28.1. The number of rotatable bonds is 8. The Kier molecular flexibility index (Phi) is 12.9. The third-order valence-corrected chi connectivity index (χ3v) is 5.24. The molecule has 0 spiro atoms. The van der Waals surface area contributed by atoms with Crippen molar-refractivity contribution in [2.24, 2.45) is 21.8 Å². The minimum atomic E-state index is 0.0278. The van der Waals surface area contributed by atoms with Crippen molar-refractivity contribution in [2.45, 2.75) is 69.9 Å². The average molecular weight is 368 g/mol. The van der Waals surface area contributed by atoms with Crippen molar-refractivity contribution in [2.75, 3.05) is 26.4 Å². The first-order valence-electron chi connectivity index (χ1n) is 9.66. The van der Waals surface area contributed by atoms with Gasteiger partial charge in [0.25, 0.3) is 0 Å². The topological polar surface area (TPSA) is 109 Å². The minimum absolute atomic E-state index is 0.0278. The van der Waals surface area contributed by atoms with E-state index in [0.717, 1.165) is 37.5 Å². The maximum absolute atomic E-state index is 10.2. The Morgan fingerprint density at radius 3 is 1.42 bits per heavy atom. The molecule has 2 fully saturated rings. The smallest absolute Gasteiger partial charge is 0.235 e. The number of aliphatic hydroxyl groups excluding tert-OH is 2. The average Bonchev–Trinajstić information content (AvgIpc) is 2.66. The highest BCUT2D eigenvalue weighted by atomic mass is 16.5. The van der Waals surface area contributed by atoms with Crippen LogP contribution in [0.3, 0.4) is 0 Å². The summed E-state index contributed by atoms with van der Waals surface area (Å²) in [6.45, 7) is 0.696. The van der Waals surface area contributed by atoms with Crippen LogP contribution in [0.5, 0.6) is 0 Å². The van der Waals surface area contributed by atoms with Crippen LogP contribution in [0.4, 0.5) is 0 Å². The number of aliphatic imine (C=N–C) groups is 2. The van der Waals surface area contributed by atoms with E-state index < -0.39 is 0 Å². The second-order valence-corrected chi connectivity index (χ2v) is 7.09. The van der Waals surface area contributed by atoms with Gasteiger partial charge in [0.05, 0.1) is 38.5 Å². The molecule has 0 aromatic carbocycles. The molecule has 26 heavy (non-hydrogen) atoms. The number of nitrogens with zero attached hydrogens (tertiary/aromatic N) is 2. The van der Waals surface area contributed by atoms with Crippen molar-refractivity contribution in [3.05, 3.63) is 0 Å².